The molecule has 35 heavy (non-hydrogen) atoms. The third-order valence-corrected chi connectivity index (χ3v) is 8.85. The van der Waals surface area contributed by atoms with Crippen LogP contribution in [0.5, 0.6) is 0 Å². The first-order valence-electron chi connectivity index (χ1n) is 12.0. The zero-order chi connectivity index (χ0) is 24.6. The maximum Gasteiger partial charge on any atom is 0.259 e. The number of rotatable bonds is 4. The first kappa shape index (κ1) is 23.3. The van der Waals surface area contributed by atoms with Gasteiger partial charge in [-0.1, -0.05) is 49.4 Å². The van der Waals surface area contributed by atoms with Crippen LogP contribution in [0.15, 0.2) is 82.6 Å². The number of nitrogens with zero attached hydrogens (tertiary/aromatic N) is 1. The Balaban J connectivity index is 1.58. The molecule has 1 aliphatic carbocycles. The molecular formula is C28H28N2O4S. The predicted molar refractivity (Wildman–Crippen MR) is 134 cm³/mol. The van der Waals surface area contributed by atoms with E-state index in [4.69, 9.17) is 0 Å². The number of carbonyl (C=O) groups excluding carboxylic acids is 2. The minimum absolute atomic E-state index is 0.0182. The van der Waals surface area contributed by atoms with Crippen LogP contribution in [0.25, 0.3) is 0 Å². The van der Waals surface area contributed by atoms with E-state index in [9.17, 15) is 18.0 Å². The summed E-state index contributed by atoms with van der Waals surface area (Å²) in [7, 11) is -3.97. The van der Waals surface area contributed by atoms with Crippen LogP contribution in [-0.4, -0.2) is 26.3 Å². The van der Waals surface area contributed by atoms with Gasteiger partial charge in [0, 0.05) is 11.6 Å². The summed E-state index contributed by atoms with van der Waals surface area (Å²) < 4.78 is 27.2. The van der Waals surface area contributed by atoms with Crippen molar-refractivity contribution >= 4 is 27.3 Å². The molecule has 1 fully saturated rings. The predicted octanol–water partition coefficient (Wildman–Crippen LogP) is 4.99. The topological polar surface area (TPSA) is 83.6 Å². The van der Waals surface area contributed by atoms with Crippen molar-refractivity contribution in [1.29, 1.82) is 0 Å². The molecule has 1 N–H and O–H groups in total. The van der Waals surface area contributed by atoms with Gasteiger partial charge >= 0.3 is 0 Å². The second-order valence-electron chi connectivity index (χ2n) is 9.49. The highest BCUT2D eigenvalue weighted by Crippen LogP contribution is 2.38. The fourth-order valence-electron chi connectivity index (χ4n) is 4.94. The Hall–Kier alpha value is -3.45. The molecule has 7 heteroatoms. The molecule has 1 saturated carbocycles. The van der Waals surface area contributed by atoms with E-state index in [0.717, 1.165) is 31.2 Å². The second-order valence-corrected chi connectivity index (χ2v) is 11.4. The summed E-state index contributed by atoms with van der Waals surface area (Å²) in [5.74, 6) is 0.00395. The number of anilines is 1. The molecule has 5 rings (SSSR count). The van der Waals surface area contributed by atoms with E-state index < -0.39 is 15.7 Å². The monoisotopic (exact) mass is 488 g/mol. The summed E-state index contributed by atoms with van der Waals surface area (Å²) in [6, 6.07) is 20.3. The van der Waals surface area contributed by atoms with Crippen molar-refractivity contribution in [3.05, 3.63) is 89.5 Å². The molecule has 0 radical (unpaired) electrons. The van der Waals surface area contributed by atoms with Gasteiger partial charge in [-0.2, -0.15) is 0 Å². The Morgan fingerprint density at radius 1 is 0.914 bits per heavy atom. The first-order chi connectivity index (χ1) is 16.8. The second kappa shape index (κ2) is 9.30. The van der Waals surface area contributed by atoms with Gasteiger partial charge in [0.15, 0.2) is 0 Å². The number of hydrogen-bond donors (Lipinski definition) is 1. The van der Waals surface area contributed by atoms with Gasteiger partial charge in [-0.05, 0) is 67.5 Å². The van der Waals surface area contributed by atoms with Crippen LogP contribution < -0.4 is 10.2 Å². The molecule has 3 aromatic carbocycles. The van der Waals surface area contributed by atoms with E-state index in [2.05, 4.69) is 12.2 Å². The molecular weight excluding hydrogens is 460 g/mol. The van der Waals surface area contributed by atoms with Crippen molar-refractivity contribution in [2.24, 2.45) is 5.92 Å². The van der Waals surface area contributed by atoms with Crippen molar-refractivity contribution < 1.29 is 18.0 Å². The first-order valence-corrected chi connectivity index (χ1v) is 13.5. The summed E-state index contributed by atoms with van der Waals surface area (Å²) in [4.78, 5) is 28.3. The van der Waals surface area contributed by atoms with Gasteiger partial charge in [-0.25, -0.2) is 8.42 Å². The SMILES string of the molecule is CC1CCC(NC(=O)c2ccc3c(c2)N(Cc2ccccc2)C(=O)c2ccccc2S3(=O)=O)CC1. The molecule has 1 heterocycles. The quantitative estimate of drug-likeness (QED) is 0.561. The lowest BCUT2D eigenvalue weighted by Crippen LogP contribution is -2.37. The molecule has 0 spiro atoms. The zero-order valence-electron chi connectivity index (χ0n) is 19.6. The number of benzene rings is 3. The van der Waals surface area contributed by atoms with Crippen LogP contribution in [0, 0.1) is 5.92 Å². The third kappa shape index (κ3) is 4.48. The summed E-state index contributed by atoms with van der Waals surface area (Å²) in [5, 5.41) is 3.10. The van der Waals surface area contributed by atoms with Crippen LogP contribution in [0.3, 0.4) is 0 Å². The Morgan fingerprint density at radius 2 is 1.60 bits per heavy atom. The lowest BCUT2D eigenvalue weighted by Gasteiger charge is -2.27. The third-order valence-electron chi connectivity index (χ3n) is 6.99. The highest BCUT2D eigenvalue weighted by molar-refractivity contribution is 7.91. The number of nitrogens with one attached hydrogen (secondary N) is 1. The van der Waals surface area contributed by atoms with Gasteiger partial charge in [-0.3, -0.25) is 9.59 Å². The maximum absolute atomic E-state index is 13.7. The van der Waals surface area contributed by atoms with Gasteiger partial charge in [0.2, 0.25) is 9.84 Å². The molecule has 6 nitrogen and oxygen atoms in total. The molecule has 180 valence electrons. The standard InChI is InChI=1S/C28H28N2O4S/c1-19-11-14-22(15-12-19)29-27(31)21-13-16-26-24(17-21)30(18-20-7-3-2-4-8-20)28(32)23-9-5-6-10-25(23)35(26,33)34/h2-10,13,16-17,19,22H,11-12,14-15,18H2,1H3,(H,29,31). The van der Waals surface area contributed by atoms with E-state index in [0.29, 0.717) is 11.5 Å². The number of fused-ring (bicyclic) bond motifs is 2. The van der Waals surface area contributed by atoms with E-state index in [1.807, 2.05) is 30.3 Å². The van der Waals surface area contributed by atoms with Crippen LogP contribution in [0.1, 0.15) is 58.9 Å². The summed E-state index contributed by atoms with van der Waals surface area (Å²) >= 11 is 0. The molecule has 0 bridgehead atoms. The summed E-state index contributed by atoms with van der Waals surface area (Å²) in [6.07, 6.45) is 4.01. The Morgan fingerprint density at radius 3 is 2.34 bits per heavy atom. The van der Waals surface area contributed by atoms with Gasteiger partial charge in [0.25, 0.3) is 11.8 Å². The molecule has 0 atom stereocenters. The van der Waals surface area contributed by atoms with E-state index in [1.165, 1.54) is 29.2 Å². The van der Waals surface area contributed by atoms with E-state index >= 15 is 0 Å². The van der Waals surface area contributed by atoms with Gasteiger partial charge in [0.1, 0.15) is 0 Å². The smallest absolute Gasteiger partial charge is 0.259 e. The summed E-state index contributed by atoms with van der Waals surface area (Å²) in [5.41, 5.74) is 1.55. The highest BCUT2D eigenvalue weighted by atomic mass is 32.2. The van der Waals surface area contributed by atoms with Crippen LogP contribution in [0.2, 0.25) is 0 Å². The fraction of sp³-hybridized carbons (Fsp3) is 0.286. The average Bonchev–Trinajstić information content (AvgIpc) is 2.94. The van der Waals surface area contributed by atoms with Crippen molar-refractivity contribution in [2.75, 3.05) is 4.90 Å². The Labute approximate surface area is 205 Å². The Bertz CT molecular complexity index is 1380. The van der Waals surface area contributed by atoms with Crippen molar-refractivity contribution in [3.8, 4) is 0 Å². The fourth-order valence-corrected chi connectivity index (χ4v) is 6.57. The van der Waals surface area contributed by atoms with Crippen LogP contribution >= 0.6 is 0 Å². The minimum atomic E-state index is -3.97. The number of amides is 2. The van der Waals surface area contributed by atoms with Crippen LogP contribution in [-0.2, 0) is 16.4 Å². The van der Waals surface area contributed by atoms with Gasteiger partial charge in [-0.15, -0.1) is 0 Å². The largest absolute Gasteiger partial charge is 0.349 e. The summed E-state index contributed by atoms with van der Waals surface area (Å²) in [6.45, 7) is 2.41. The van der Waals surface area contributed by atoms with Gasteiger partial charge in [0.05, 0.1) is 27.6 Å². The number of carbonyl (C=O) groups is 2. The number of hydrogen-bond acceptors (Lipinski definition) is 4. The lowest BCUT2D eigenvalue weighted by atomic mass is 9.87. The van der Waals surface area contributed by atoms with Gasteiger partial charge < -0.3 is 10.2 Å². The molecule has 0 unspecified atom stereocenters. The van der Waals surface area contributed by atoms with Crippen molar-refractivity contribution in [2.45, 2.75) is 55.0 Å². The maximum atomic E-state index is 13.7. The highest BCUT2D eigenvalue weighted by Gasteiger charge is 2.36. The average molecular weight is 489 g/mol. The Kier molecular flexibility index (Phi) is 6.19. The molecule has 0 aromatic heterocycles. The minimum Gasteiger partial charge on any atom is -0.349 e. The van der Waals surface area contributed by atoms with Crippen LogP contribution in [0.4, 0.5) is 5.69 Å². The van der Waals surface area contributed by atoms with E-state index in [1.54, 1.807) is 18.2 Å². The molecule has 3 aromatic rings. The van der Waals surface area contributed by atoms with Crippen molar-refractivity contribution in [3.63, 3.8) is 0 Å². The number of sulfone groups is 1. The van der Waals surface area contributed by atoms with E-state index in [-0.39, 0.29) is 39.5 Å². The zero-order valence-corrected chi connectivity index (χ0v) is 20.4. The molecule has 1 aliphatic heterocycles. The normalized spacial score (nSPS) is 20.9. The molecule has 0 saturated heterocycles. The lowest BCUT2D eigenvalue weighted by molar-refractivity contribution is 0.0921. The molecule has 2 amide bonds. The van der Waals surface area contributed by atoms with Crippen molar-refractivity contribution in [1.82, 2.24) is 5.32 Å². The molecule has 2 aliphatic rings.